The second kappa shape index (κ2) is 8.45. The van der Waals surface area contributed by atoms with Gasteiger partial charge in [0, 0.05) is 43.5 Å². The summed E-state index contributed by atoms with van der Waals surface area (Å²) in [6.07, 6.45) is -4.52. The number of amides is 1. The van der Waals surface area contributed by atoms with E-state index in [2.05, 4.69) is 10.1 Å². The van der Waals surface area contributed by atoms with Gasteiger partial charge in [-0.1, -0.05) is 23.4 Å². The largest absolute Gasteiger partial charge is 0.497 e. The Morgan fingerprint density at radius 2 is 1.81 bits per heavy atom. The molecule has 0 unspecified atom stereocenters. The summed E-state index contributed by atoms with van der Waals surface area (Å²) in [5.41, 5.74) is 6.04. The number of halogens is 3. The first-order valence-corrected chi connectivity index (χ1v) is 9.89. The van der Waals surface area contributed by atoms with Gasteiger partial charge in [0.1, 0.15) is 17.0 Å². The lowest BCUT2D eigenvalue weighted by atomic mass is 10.0. The molecule has 2 heterocycles. The summed E-state index contributed by atoms with van der Waals surface area (Å²) in [7, 11) is 1.60. The van der Waals surface area contributed by atoms with Crippen LogP contribution in [0.1, 0.15) is 15.9 Å². The number of hydrogen-bond donors (Lipinski definition) is 1. The number of carbonyl (C=O) groups excluding carboxylic acids is 1. The van der Waals surface area contributed by atoms with Crippen LogP contribution in [0.3, 0.4) is 0 Å². The van der Waals surface area contributed by atoms with Gasteiger partial charge in [-0.15, -0.1) is 0 Å². The van der Waals surface area contributed by atoms with E-state index in [4.69, 9.17) is 15.0 Å². The Morgan fingerprint density at radius 3 is 2.50 bits per heavy atom. The van der Waals surface area contributed by atoms with Crippen LogP contribution in [0, 0.1) is 0 Å². The smallest absolute Gasteiger partial charge is 0.416 e. The fourth-order valence-electron chi connectivity index (χ4n) is 3.68. The van der Waals surface area contributed by atoms with Crippen LogP contribution in [0.25, 0.3) is 11.3 Å². The minimum atomic E-state index is -4.52. The maximum atomic E-state index is 13.2. The van der Waals surface area contributed by atoms with Crippen molar-refractivity contribution >= 4 is 17.5 Å². The zero-order chi connectivity index (χ0) is 22.9. The van der Waals surface area contributed by atoms with Crippen molar-refractivity contribution in [3.8, 4) is 17.0 Å². The number of nitrogens with zero attached hydrogens (tertiary/aromatic N) is 3. The summed E-state index contributed by atoms with van der Waals surface area (Å²) in [6.45, 7) is 1.96. The maximum Gasteiger partial charge on any atom is 0.416 e. The van der Waals surface area contributed by atoms with Gasteiger partial charge in [-0.05, 0) is 24.3 Å². The fourth-order valence-corrected chi connectivity index (χ4v) is 3.68. The summed E-state index contributed by atoms with van der Waals surface area (Å²) in [5, 5.41) is 3.77. The molecular weight excluding hydrogens is 425 g/mol. The molecule has 0 aliphatic carbocycles. The van der Waals surface area contributed by atoms with Crippen LogP contribution in [-0.4, -0.2) is 49.3 Å². The van der Waals surface area contributed by atoms with Crippen LogP contribution in [-0.2, 0) is 6.18 Å². The molecule has 0 saturated carbocycles. The molecule has 32 heavy (non-hydrogen) atoms. The van der Waals surface area contributed by atoms with Crippen molar-refractivity contribution in [2.75, 3.05) is 43.9 Å². The number of ether oxygens (including phenoxy) is 1. The molecule has 168 valence electrons. The lowest BCUT2D eigenvalue weighted by Gasteiger charge is -2.36. The highest BCUT2D eigenvalue weighted by Gasteiger charge is 2.33. The molecule has 1 aliphatic rings. The number of methoxy groups -OCH3 is 1. The van der Waals surface area contributed by atoms with E-state index in [0.29, 0.717) is 26.2 Å². The molecule has 1 saturated heterocycles. The van der Waals surface area contributed by atoms with Gasteiger partial charge in [-0.25, -0.2) is 0 Å². The zero-order valence-electron chi connectivity index (χ0n) is 17.2. The lowest BCUT2D eigenvalue weighted by molar-refractivity contribution is -0.137. The summed E-state index contributed by atoms with van der Waals surface area (Å²) in [6, 6.07) is 12.2. The van der Waals surface area contributed by atoms with E-state index < -0.39 is 17.6 Å². The Balaban J connectivity index is 1.54. The van der Waals surface area contributed by atoms with Crippen molar-refractivity contribution in [2.45, 2.75) is 6.18 Å². The van der Waals surface area contributed by atoms with Crippen LogP contribution >= 0.6 is 0 Å². The molecule has 1 aromatic heterocycles. The second-order valence-corrected chi connectivity index (χ2v) is 7.33. The lowest BCUT2D eigenvalue weighted by Crippen LogP contribution is -2.49. The van der Waals surface area contributed by atoms with Crippen molar-refractivity contribution in [3.63, 3.8) is 0 Å². The number of aromatic nitrogens is 1. The van der Waals surface area contributed by atoms with Crippen molar-refractivity contribution in [1.29, 1.82) is 0 Å². The van der Waals surface area contributed by atoms with Gasteiger partial charge in [0.2, 0.25) is 5.88 Å². The first-order chi connectivity index (χ1) is 15.3. The predicted molar refractivity (Wildman–Crippen MR) is 112 cm³/mol. The van der Waals surface area contributed by atoms with Gasteiger partial charge in [0.05, 0.1) is 12.7 Å². The molecule has 0 radical (unpaired) electrons. The van der Waals surface area contributed by atoms with Gasteiger partial charge in [0.25, 0.3) is 5.91 Å². The summed E-state index contributed by atoms with van der Waals surface area (Å²) in [4.78, 5) is 16.9. The van der Waals surface area contributed by atoms with E-state index in [1.54, 1.807) is 12.0 Å². The number of anilines is 2. The molecule has 0 atom stereocenters. The second-order valence-electron chi connectivity index (χ2n) is 7.33. The molecule has 4 rings (SSSR count). The highest BCUT2D eigenvalue weighted by atomic mass is 19.4. The van der Waals surface area contributed by atoms with Gasteiger partial charge < -0.3 is 24.8 Å². The number of rotatable bonds is 4. The Kier molecular flexibility index (Phi) is 5.68. The molecule has 1 amide bonds. The number of piperazine rings is 1. The van der Waals surface area contributed by atoms with E-state index in [1.165, 1.54) is 12.1 Å². The van der Waals surface area contributed by atoms with E-state index in [-0.39, 0.29) is 22.7 Å². The Bertz CT molecular complexity index is 1120. The van der Waals surface area contributed by atoms with Gasteiger partial charge >= 0.3 is 6.18 Å². The van der Waals surface area contributed by atoms with Crippen molar-refractivity contribution in [2.24, 2.45) is 0 Å². The third kappa shape index (κ3) is 4.20. The van der Waals surface area contributed by atoms with Crippen molar-refractivity contribution in [3.05, 3.63) is 59.7 Å². The highest BCUT2D eigenvalue weighted by Crippen LogP contribution is 2.34. The average molecular weight is 446 g/mol. The zero-order valence-corrected chi connectivity index (χ0v) is 17.2. The third-order valence-corrected chi connectivity index (χ3v) is 5.38. The standard InChI is InChI=1S/C22H21F3N4O3/c1-31-17-7-3-6-16(13-17)28-8-10-29(11-9-28)21(30)18-19(27-32-20(18)26)14-4-2-5-15(12-14)22(23,24)25/h2-7,12-13H,8-11,26H2,1H3. The number of nitrogen functional groups attached to an aromatic ring is 1. The van der Waals surface area contributed by atoms with Crippen LogP contribution in [0.2, 0.25) is 0 Å². The molecule has 10 heteroatoms. The topological polar surface area (TPSA) is 84.8 Å². The fraction of sp³-hybridized carbons (Fsp3) is 0.273. The number of benzene rings is 2. The van der Waals surface area contributed by atoms with Crippen molar-refractivity contribution < 1.29 is 27.2 Å². The van der Waals surface area contributed by atoms with E-state index in [9.17, 15) is 18.0 Å². The Morgan fingerprint density at radius 1 is 1.09 bits per heavy atom. The first kappa shape index (κ1) is 21.5. The molecule has 7 nitrogen and oxygen atoms in total. The molecule has 2 N–H and O–H groups in total. The average Bonchev–Trinajstić information content (AvgIpc) is 3.19. The predicted octanol–water partition coefficient (Wildman–Crippen LogP) is 3.91. The minimum Gasteiger partial charge on any atom is -0.497 e. The summed E-state index contributed by atoms with van der Waals surface area (Å²) in [5.74, 6) is 0.0862. The van der Waals surface area contributed by atoms with Gasteiger partial charge in [-0.2, -0.15) is 13.2 Å². The summed E-state index contributed by atoms with van der Waals surface area (Å²) < 4.78 is 49.6. The minimum absolute atomic E-state index is 0.00572. The first-order valence-electron chi connectivity index (χ1n) is 9.89. The molecular formula is C22H21F3N4O3. The van der Waals surface area contributed by atoms with E-state index in [0.717, 1.165) is 23.6 Å². The third-order valence-electron chi connectivity index (χ3n) is 5.38. The highest BCUT2D eigenvalue weighted by molar-refractivity contribution is 6.03. The van der Waals surface area contributed by atoms with Gasteiger partial charge in [-0.3, -0.25) is 4.79 Å². The van der Waals surface area contributed by atoms with Gasteiger partial charge in [0.15, 0.2) is 0 Å². The molecule has 0 spiro atoms. The Labute approximate surface area is 182 Å². The van der Waals surface area contributed by atoms with E-state index >= 15 is 0 Å². The van der Waals surface area contributed by atoms with Crippen LogP contribution < -0.4 is 15.4 Å². The number of alkyl halides is 3. The molecule has 1 aliphatic heterocycles. The van der Waals surface area contributed by atoms with Crippen LogP contribution in [0.5, 0.6) is 5.75 Å². The number of carbonyl (C=O) groups is 1. The quantitative estimate of drug-likeness (QED) is 0.654. The maximum absolute atomic E-state index is 13.2. The number of nitrogens with two attached hydrogens (primary N) is 1. The molecule has 0 bridgehead atoms. The molecule has 2 aromatic carbocycles. The Hall–Kier alpha value is -3.69. The molecule has 3 aromatic rings. The monoisotopic (exact) mass is 446 g/mol. The van der Waals surface area contributed by atoms with Crippen LogP contribution in [0.4, 0.5) is 24.7 Å². The van der Waals surface area contributed by atoms with E-state index in [1.807, 2.05) is 24.3 Å². The molecule has 1 fully saturated rings. The SMILES string of the molecule is COc1cccc(N2CCN(C(=O)c3c(-c4cccc(C(F)(F)F)c4)noc3N)CC2)c1. The normalized spacial score (nSPS) is 14.5. The summed E-state index contributed by atoms with van der Waals surface area (Å²) >= 11 is 0. The van der Waals surface area contributed by atoms with Crippen LogP contribution in [0.15, 0.2) is 53.1 Å². The van der Waals surface area contributed by atoms with Crippen molar-refractivity contribution in [1.82, 2.24) is 10.1 Å². The number of hydrogen-bond acceptors (Lipinski definition) is 6.